The first-order chi connectivity index (χ1) is 12.4. The third-order valence-electron chi connectivity index (χ3n) is 4.46. The zero-order chi connectivity index (χ0) is 18.3. The second-order valence-corrected chi connectivity index (χ2v) is 8.35. The molecule has 1 N–H and O–H groups in total. The molecule has 138 valence electrons. The fraction of sp³-hybridized carbons (Fsp3) is 0.500. The number of hydrogen-bond donors (Lipinski definition) is 1. The molecule has 1 saturated carbocycles. The van der Waals surface area contributed by atoms with Gasteiger partial charge in [0.2, 0.25) is 5.13 Å². The van der Waals surface area contributed by atoms with Crippen molar-refractivity contribution in [2.24, 2.45) is 0 Å². The molecule has 0 radical (unpaired) electrons. The summed E-state index contributed by atoms with van der Waals surface area (Å²) in [4.78, 5) is 14.6. The van der Waals surface area contributed by atoms with Crippen molar-refractivity contribution in [1.82, 2.24) is 15.1 Å². The highest BCUT2D eigenvalue weighted by molar-refractivity contribution is 7.15. The van der Waals surface area contributed by atoms with E-state index in [2.05, 4.69) is 15.5 Å². The molecule has 1 aromatic heterocycles. The molecule has 2 aliphatic rings. The maximum absolute atomic E-state index is 12.8. The van der Waals surface area contributed by atoms with Gasteiger partial charge >= 0.3 is 6.03 Å². The number of nitrogens with one attached hydrogen (secondary N) is 1. The molecule has 1 aliphatic carbocycles. The Bertz CT molecular complexity index is 832. The number of carbonyl (C=O) groups is 1. The summed E-state index contributed by atoms with van der Waals surface area (Å²) in [5.74, 6) is 2.01. The van der Waals surface area contributed by atoms with E-state index in [0.29, 0.717) is 24.1 Å². The lowest BCUT2D eigenvalue weighted by atomic mass is 10.1. The number of carbonyl (C=O) groups excluding carboxylic acids is 1. The van der Waals surface area contributed by atoms with E-state index < -0.39 is 5.60 Å². The number of benzene rings is 1. The zero-order valence-electron chi connectivity index (χ0n) is 15.1. The average Bonchev–Trinajstić information content (AvgIpc) is 3.36. The van der Waals surface area contributed by atoms with Gasteiger partial charge in [-0.25, -0.2) is 4.79 Å². The number of ether oxygens (including phenoxy) is 2. The fourth-order valence-electron chi connectivity index (χ4n) is 3.03. The highest BCUT2D eigenvalue weighted by Gasteiger charge is 2.33. The molecule has 26 heavy (non-hydrogen) atoms. The van der Waals surface area contributed by atoms with Crippen LogP contribution in [0.3, 0.4) is 0 Å². The van der Waals surface area contributed by atoms with Gasteiger partial charge < -0.3 is 14.4 Å². The molecule has 0 unspecified atom stereocenters. The third kappa shape index (κ3) is 3.60. The van der Waals surface area contributed by atoms with Gasteiger partial charge in [-0.15, -0.1) is 10.2 Å². The van der Waals surface area contributed by atoms with Gasteiger partial charge in [-0.2, -0.15) is 0 Å². The Kier molecular flexibility index (Phi) is 4.22. The number of amides is 2. The quantitative estimate of drug-likeness (QED) is 0.888. The minimum absolute atomic E-state index is 0.191. The Morgan fingerprint density at radius 1 is 1.38 bits per heavy atom. The number of rotatable bonds is 3. The number of aromatic nitrogens is 2. The third-order valence-corrected chi connectivity index (χ3v) is 5.46. The molecule has 4 rings (SSSR count). The second kappa shape index (κ2) is 6.42. The molecule has 2 aromatic rings. The van der Waals surface area contributed by atoms with Crippen molar-refractivity contribution >= 4 is 22.5 Å². The average molecular weight is 374 g/mol. The molecule has 1 aliphatic heterocycles. The highest BCUT2D eigenvalue weighted by atomic mass is 32.1. The Labute approximate surface area is 156 Å². The molecular weight excluding hydrogens is 352 g/mol. The molecule has 0 saturated heterocycles. The van der Waals surface area contributed by atoms with E-state index in [1.807, 2.05) is 32.0 Å². The molecule has 2 amide bonds. The van der Waals surface area contributed by atoms with Crippen LogP contribution in [0.25, 0.3) is 0 Å². The Morgan fingerprint density at radius 3 is 2.92 bits per heavy atom. The molecule has 1 aromatic carbocycles. The van der Waals surface area contributed by atoms with E-state index >= 15 is 0 Å². The number of fused-ring (bicyclic) bond motifs is 1. The van der Waals surface area contributed by atoms with Gasteiger partial charge in [0, 0.05) is 17.5 Å². The van der Waals surface area contributed by atoms with Gasteiger partial charge in [-0.3, -0.25) is 5.32 Å². The molecule has 2 heterocycles. The minimum atomic E-state index is -0.519. The van der Waals surface area contributed by atoms with Crippen molar-refractivity contribution in [2.75, 3.05) is 19.0 Å². The summed E-state index contributed by atoms with van der Waals surface area (Å²) in [5, 5.41) is 12.7. The molecule has 0 bridgehead atoms. The summed E-state index contributed by atoms with van der Waals surface area (Å²) in [6.45, 7) is 4.86. The van der Waals surface area contributed by atoms with Gasteiger partial charge in [0.1, 0.15) is 22.1 Å². The van der Waals surface area contributed by atoms with E-state index in [1.54, 1.807) is 12.0 Å². The maximum atomic E-state index is 12.8. The van der Waals surface area contributed by atoms with Crippen molar-refractivity contribution in [3.05, 3.63) is 28.8 Å². The van der Waals surface area contributed by atoms with E-state index in [1.165, 1.54) is 24.2 Å². The van der Waals surface area contributed by atoms with Crippen LogP contribution in [-0.2, 0) is 6.54 Å². The van der Waals surface area contributed by atoms with Crippen LogP contribution in [0.4, 0.5) is 9.93 Å². The van der Waals surface area contributed by atoms with Crippen LogP contribution < -0.4 is 14.8 Å². The summed E-state index contributed by atoms with van der Waals surface area (Å²) in [5.41, 5.74) is 0.428. The lowest BCUT2D eigenvalue weighted by Gasteiger charge is -2.29. The summed E-state index contributed by atoms with van der Waals surface area (Å²) in [7, 11) is 1.63. The Hall–Kier alpha value is -2.35. The van der Waals surface area contributed by atoms with Crippen molar-refractivity contribution < 1.29 is 14.3 Å². The molecule has 8 heteroatoms. The van der Waals surface area contributed by atoms with Crippen LogP contribution in [0, 0.1) is 0 Å². The van der Waals surface area contributed by atoms with E-state index in [0.717, 1.165) is 22.1 Å². The number of anilines is 1. The maximum Gasteiger partial charge on any atom is 0.324 e. The summed E-state index contributed by atoms with van der Waals surface area (Å²) in [6.07, 6.45) is 2.33. The van der Waals surface area contributed by atoms with Crippen LogP contribution >= 0.6 is 11.3 Å². The standard InChI is InChI=1S/C18H22N4O3S/c1-18(2)10-22(9-12-6-7-13(24-3)8-14(12)25-18)17(23)19-16-21-20-15(26-16)11-4-5-11/h6-8,11H,4-5,9-10H2,1-3H3,(H,19,21,23). The van der Waals surface area contributed by atoms with E-state index in [4.69, 9.17) is 9.47 Å². The molecule has 0 atom stereocenters. The van der Waals surface area contributed by atoms with Gasteiger partial charge in [0.15, 0.2) is 0 Å². The van der Waals surface area contributed by atoms with Gasteiger partial charge in [0.25, 0.3) is 0 Å². The van der Waals surface area contributed by atoms with E-state index in [9.17, 15) is 4.79 Å². The van der Waals surface area contributed by atoms with Crippen LogP contribution in [0.5, 0.6) is 11.5 Å². The van der Waals surface area contributed by atoms with Crippen LogP contribution in [0.15, 0.2) is 18.2 Å². The molecule has 0 spiro atoms. The lowest BCUT2D eigenvalue weighted by molar-refractivity contribution is 0.0833. The number of urea groups is 1. The monoisotopic (exact) mass is 374 g/mol. The van der Waals surface area contributed by atoms with Crippen LogP contribution in [0.2, 0.25) is 0 Å². The second-order valence-electron chi connectivity index (χ2n) is 7.34. The van der Waals surface area contributed by atoms with Crippen molar-refractivity contribution in [2.45, 2.75) is 44.8 Å². The highest BCUT2D eigenvalue weighted by Crippen LogP contribution is 2.42. The number of hydrogen-bond acceptors (Lipinski definition) is 6. The number of nitrogens with zero attached hydrogens (tertiary/aromatic N) is 3. The predicted octanol–water partition coefficient (Wildman–Crippen LogP) is 3.63. The van der Waals surface area contributed by atoms with Crippen molar-refractivity contribution in [3.63, 3.8) is 0 Å². The summed E-state index contributed by atoms with van der Waals surface area (Å²) >= 11 is 1.46. The Morgan fingerprint density at radius 2 is 2.19 bits per heavy atom. The van der Waals surface area contributed by atoms with Gasteiger partial charge in [-0.1, -0.05) is 11.3 Å². The van der Waals surface area contributed by atoms with Gasteiger partial charge in [0.05, 0.1) is 20.2 Å². The van der Waals surface area contributed by atoms with Crippen molar-refractivity contribution in [1.29, 1.82) is 0 Å². The predicted molar refractivity (Wildman–Crippen MR) is 99.0 cm³/mol. The Balaban J connectivity index is 1.53. The number of methoxy groups -OCH3 is 1. The first-order valence-corrected chi connectivity index (χ1v) is 9.50. The molecular formula is C18H22N4O3S. The normalized spacial score (nSPS) is 18.5. The topological polar surface area (TPSA) is 76.6 Å². The zero-order valence-corrected chi connectivity index (χ0v) is 15.9. The lowest BCUT2D eigenvalue weighted by Crippen LogP contribution is -2.44. The van der Waals surface area contributed by atoms with Crippen LogP contribution in [-0.4, -0.2) is 40.4 Å². The smallest absolute Gasteiger partial charge is 0.324 e. The molecule has 1 fully saturated rings. The summed E-state index contributed by atoms with van der Waals surface area (Å²) < 4.78 is 11.4. The summed E-state index contributed by atoms with van der Waals surface area (Å²) in [6, 6.07) is 5.49. The fourth-order valence-corrected chi connectivity index (χ4v) is 3.94. The van der Waals surface area contributed by atoms with E-state index in [-0.39, 0.29) is 6.03 Å². The SMILES string of the molecule is COc1ccc2c(c1)OC(C)(C)CN(C(=O)Nc1nnc(C3CC3)s1)C2. The molecule has 7 nitrogen and oxygen atoms in total. The minimum Gasteiger partial charge on any atom is -0.497 e. The van der Waals surface area contributed by atoms with Crippen LogP contribution in [0.1, 0.15) is 43.2 Å². The first kappa shape index (κ1) is 17.1. The first-order valence-electron chi connectivity index (χ1n) is 8.69. The van der Waals surface area contributed by atoms with Crippen molar-refractivity contribution in [3.8, 4) is 11.5 Å². The van der Waals surface area contributed by atoms with Gasteiger partial charge in [-0.05, 0) is 38.8 Å². The largest absolute Gasteiger partial charge is 0.497 e.